The van der Waals surface area contributed by atoms with Crippen molar-refractivity contribution in [1.29, 1.82) is 5.26 Å². The van der Waals surface area contributed by atoms with Gasteiger partial charge in [-0.15, -0.1) is 0 Å². The number of carbonyl (C=O) groups excluding carboxylic acids is 1. The van der Waals surface area contributed by atoms with E-state index in [0.717, 1.165) is 19.2 Å². The Balaban J connectivity index is 1.43. The van der Waals surface area contributed by atoms with Crippen LogP contribution in [0.1, 0.15) is 29.2 Å². The highest BCUT2D eigenvalue weighted by Crippen LogP contribution is 2.35. The van der Waals surface area contributed by atoms with E-state index in [2.05, 4.69) is 43.8 Å². The SMILES string of the molecule is CCOc1cc(/C=C(\C#N)C(=O)Nc2ccc(OCc3ccc(C)cc3)cc2)cc(I)c1OCc1ccc(Br)cc1. The molecule has 4 rings (SSSR count). The molecule has 0 aliphatic carbocycles. The number of benzene rings is 4. The Labute approximate surface area is 262 Å². The molecule has 4 aromatic rings. The van der Waals surface area contributed by atoms with Gasteiger partial charge in [-0.2, -0.15) is 5.26 Å². The highest BCUT2D eigenvalue weighted by Gasteiger charge is 2.15. The summed E-state index contributed by atoms with van der Waals surface area (Å²) in [6.07, 6.45) is 1.54. The molecule has 0 aliphatic rings. The van der Waals surface area contributed by atoms with Crippen LogP contribution in [0.25, 0.3) is 6.08 Å². The van der Waals surface area contributed by atoms with Crippen molar-refractivity contribution in [1.82, 2.24) is 0 Å². The third-order valence-electron chi connectivity index (χ3n) is 5.94. The van der Waals surface area contributed by atoms with E-state index in [-0.39, 0.29) is 5.57 Å². The van der Waals surface area contributed by atoms with Gasteiger partial charge >= 0.3 is 0 Å². The Hall–Kier alpha value is -3.81. The smallest absolute Gasteiger partial charge is 0.266 e. The highest BCUT2D eigenvalue weighted by atomic mass is 127. The molecule has 0 saturated heterocycles. The molecule has 0 saturated carbocycles. The Morgan fingerprint density at radius 1 is 0.927 bits per heavy atom. The van der Waals surface area contributed by atoms with Gasteiger partial charge in [0.1, 0.15) is 30.6 Å². The number of hydrogen-bond donors (Lipinski definition) is 1. The standard InChI is InChI=1S/C33H28BrIN2O4/c1-3-39-31-18-25(17-30(35)32(31)41-21-24-8-10-27(34)11-9-24)16-26(19-36)33(38)37-28-12-14-29(15-13-28)40-20-23-6-4-22(2)5-7-23/h4-18H,3,20-21H2,1-2H3,(H,37,38)/b26-16+. The van der Waals surface area contributed by atoms with E-state index in [9.17, 15) is 10.1 Å². The van der Waals surface area contributed by atoms with E-state index in [1.165, 1.54) is 11.6 Å². The summed E-state index contributed by atoms with van der Waals surface area (Å²) in [5.41, 5.74) is 4.46. The van der Waals surface area contributed by atoms with Gasteiger partial charge in [0.15, 0.2) is 11.5 Å². The molecule has 1 N–H and O–H groups in total. The molecule has 0 radical (unpaired) electrons. The summed E-state index contributed by atoms with van der Waals surface area (Å²) >= 11 is 5.61. The fraction of sp³-hybridized carbons (Fsp3) is 0.152. The zero-order chi connectivity index (χ0) is 29.2. The first kappa shape index (κ1) is 30.2. The first-order valence-electron chi connectivity index (χ1n) is 12.9. The number of aryl methyl sites for hydroxylation is 1. The molecule has 6 nitrogen and oxygen atoms in total. The normalized spacial score (nSPS) is 11.0. The minimum atomic E-state index is -0.510. The van der Waals surface area contributed by atoms with Crippen LogP contribution in [0.4, 0.5) is 5.69 Å². The zero-order valence-electron chi connectivity index (χ0n) is 22.6. The number of ether oxygens (including phenoxy) is 3. The first-order chi connectivity index (χ1) is 19.8. The average molecular weight is 723 g/mol. The van der Waals surface area contributed by atoms with Gasteiger partial charge in [-0.25, -0.2) is 0 Å². The van der Waals surface area contributed by atoms with Gasteiger partial charge in [-0.1, -0.05) is 57.9 Å². The summed E-state index contributed by atoms with van der Waals surface area (Å²) in [6.45, 7) is 5.20. The highest BCUT2D eigenvalue weighted by molar-refractivity contribution is 14.1. The topological polar surface area (TPSA) is 80.6 Å². The molecular weight excluding hydrogens is 695 g/mol. The van der Waals surface area contributed by atoms with E-state index in [1.54, 1.807) is 30.3 Å². The molecule has 0 atom stereocenters. The van der Waals surface area contributed by atoms with Crippen LogP contribution in [0.15, 0.2) is 95.0 Å². The van der Waals surface area contributed by atoms with Gasteiger partial charge in [0, 0.05) is 10.2 Å². The second kappa shape index (κ2) is 14.7. The van der Waals surface area contributed by atoms with Crippen molar-refractivity contribution in [2.45, 2.75) is 27.1 Å². The quantitative estimate of drug-likeness (QED) is 0.0955. The van der Waals surface area contributed by atoms with Gasteiger partial charge in [0.25, 0.3) is 5.91 Å². The Morgan fingerprint density at radius 3 is 2.20 bits per heavy atom. The third-order valence-corrected chi connectivity index (χ3v) is 7.27. The zero-order valence-corrected chi connectivity index (χ0v) is 26.4. The van der Waals surface area contributed by atoms with Crippen LogP contribution in [-0.2, 0) is 18.0 Å². The van der Waals surface area contributed by atoms with E-state index < -0.39 is 5.91 Å². The average Bonchev–Trinajstić information content (AvgIpc) is 2.97. The van der Waals surface area contributed by atoms with Crippen molar-refractivity contribution >= 4 is 56.2 Å². The molecule has 0 heterocycles. The maximum Gasteiger partial charge on any atom is 0.266 e. The number of hydrogen-bond acceptors (Lipinski definition) is 5. The molecule has 0 unspecified atom stereocenters. The summed E-state index contributed by atoms with van der Waals surface area (Å²) in [4.78, 5) is 12.9. The van der Waals surface area contributed by atoms with Crippen molar-refractivity contribution < 1.29 is 19.0 Å². The van der Waals surface area contributed by atoms with Gasteiger partial charge in [0.2, 0.25) is 0 Å². The number of nitrogens with one attached hydrogen (secondary N) is 1. The largest absolute Gasteiger partial charge is 0.490 e. The van der Waals surface area contributed by atoms with Gasteiger partial charge in [-0.05, 0) is 108 Å². The van der Waals surface area contributed by atoms with E-state index >= 15 is 0 Å². The van der Waals surface area contributed by atoms with Crippen molar-refractivity contribution in [2.24, 2.45) is 0 Å². The number of nitrogens with zero attached hydrogens (tertiary/aromatic N) is 1. The molecule has 0 fully saturated rings. The Bertz CT molecular complexity index is 1560. The van der Waals surface area contributed by atoms with Crippen LogP contribution in [0.3, 0.4) is 0 Å². The number of amides is 1. The molecular formula is C33H28BrIN2O4. The van der Waals surface area contributed by atoms with Gasteiger partial charge < -0.3 is 19.5 Å². The van der Waals surface area contributed by atoms with Crippen molar-refractivity contribution in [3.05, 3.63) is 121 Å². The fourth-order valence-electron chi connectivity index (χ4n) is 3.81. The van der Waals surface area contributed by atoms with Crippen LogP contribution in [0.5, 0.6) is 17.2 Å². The third kappa shape index (κ3) is 8.84. The number of nitriles is 1. The maximum atomic E-state index is 12.9. The number of halogens is 2. The number of carbonyl (C=O) groups is 1. The molecule has 0 aromatic heterocycles. The van der Waals surface area contributed by atoms with Gasteiger partial charge in [-0.3, -0.25) is 4.79 Å². The maximum absolute atomic E-state index is 12.9. The summed E-state index contributed by atoms with van der Waals surface area (Å²) in [6, 6.07) is 28.7. The van der Waals surface area contributed by atoms with Crippen molar-refractivity contribution in [2.75, 3.05) is 11.9 Å². The molecule has 4 aromatic carbocycles. The Morgan fingerprint density at radius 2 is 1.56 bits per heavy atom. The second-order valence-corrected chi connectivity index (χ2v) is 11.2. The minimum Gasteiger partial charge on any atom is -0.490 e. The minimum absolute atomic E-state index is 0.0357. The predicted octanol–water partition coefficient (Wildman–Crippen LogP) is 8.46. The predicted molar refractivity (Wildman–Crippen MR) is 173 cm³/mol. The number of rotatable bonds is 11. The summed E-state index contributed by atoms with van der Waals surface area (Å²) in [7, 11) is 0. The van der Waals surface area contributed by atoms with Crippen LogP contribution in [0.2, 0.25) is 0 Å². The van der Waals surface area contributed by atoms with Crippen molar-refractivity contribution in [3.8, 4) is 23.3 Å². The van der Waals surface area contributed by atoms with E-state index in [0.29, 0.717) is 48.3 Å². The van der Waals surface area contributed by atoms with Crippen LogP contribution in [-0.4, -0.2) is 12.5 Å². The lowest BCUT2D eigenvalue weighted by atomic mass is 10.1. The second-order valence-electron chi connectivity index (χ2n) is 9.10. The van der Waals surface area contributed by atoms with E-state index in [4.69, 9.17) is 14.2 Å². The van der Waals surface area contributed by atoms with Crippen molar-refractivity contribution in [3.63, 3.8) is 0 Å². The lowest BCUT2D eigenvalue weighted by molar-refractivity contribution is -0.112. The molecule has 0 spiro atoms. The number of anilines is 1. The van der Waals surface area contributed by atoms with Crippen LogP contribution < -0.4 is 19.5 Å². The molecule has 0 aliphatic heterocycles. The summed E-state index contributed by atoms with van der Waals surface area (Å²) in [5, 5.41) is 12.5. The molecule has 8 heteroatoms. The molecule has 41 heavy (non-hydrogen) atoms. The monoisotopic (exact) mass is 722 g/mol. The summed E-state index contributed by atoms with van der Waals surface area (Å²) < 4.78 is 19.6. The summed E-state index contributed by atoms with van der Waals surface area (Å²) in [5.74, 6) is 1.33. The van der Waals surface area contributed by atoms with Crippen LogP contribution in [0, 0.1) is 21.8 Å². The fourth-order valence-corrected chi connectivity index (χ4v) is 4.85. The lowest BCUT2D eigenvalue weighted by Crippen LogP contribution is -2.13. The van der Waals surface area contributed by atoms with E-state index in [1.807, 2.05) is 74.5 Å². The van der Waals surface area contributed by atoms with Gasteiger partial charge in [0.05, 0.1) is 10.2 Å². The van der Waals surface area contributed by atoms with Crippen LogP contribution >= 0.6 is 38.5 Å². The Kier molecular flexibility index (Phi) is 10.8. The molecule has 208 valence electrons. The molecule has 1 amide bonds. The lowest BCUT2D eigenvalue weighted by Gasteiger charge is -2.15. The first-order valence-corrected chi connectivity index (χ1v) is 14.8. The molecule has 0 bridgehead atoms.